The number of anilines is 1. The Bertz CT molecular complexity index is 1000. The molecule has 1 fully saturated rings. The highest BCUT2D eigenvalue weighted by molar-refractivity contribution is 5.87. The maximum absolute atomic E-state index is 12.8. The van der Waals surface area contributed by atoms with Crippen molar-refractivity contribution in [2.24, 2.45) is 0 Å². The summed E-state index contributed by atoms with van der Waals surface area (Å²) in [5.74, 6) is 0.547. The second-order valence-corrected chi connectivity index (χ2v) is 8.22. The third kappa shape index (κ3) is 5.76. The Morgan fingerprint density at radius 1 is 1.34 bits per heavy atom. The van der Waals surface area contributed by atoms with E-state index >= 15 is 0 Å². The Morgan fingerprint density at radius 3 is 2.88 bits per heavy atom. The highest BCUT2D eigenvalue weighted by Crippen LogP contribution is 2.26. The number of rotatable bonds is 8. The lowest BCUT2D eigenvalue weighted by Gasteiger charge is -2.39. The number of carbonyl (C=O) groups is 1. The van der Waals surface area contributed by atoms with Crippen molar-refractivity contribution in [3.63, 3.8) is 0 Å². The number of piperidine rings is 1. The van der Waals surface area contributed by atoms with Crippen LogP contribution < -0.4 is 15.2 Å². The predicted molar refractivity (Wildman–Crippen MR) is 127 cm³/mol. The number of amides is 1. The van der Waals surface area contributed by atoms with Crippen LogP contribution in [0.1, 0.15) is 19.8 Å². The number of nitrogens with zero attached hydrogens (tertiary/aromatic N) is 4. The Labute approximate surface area is 189 Å². The van der Waals surface area contributed by atoms with E-state index in [9.17, 15) is 9.59 Å². The molecule has 0 spiro atoms. The van der Waals surface area contributed by atoms with Crippen molar-refractivity contribution in [2.45, 2.75) is 25.8 Å². The molecule has 8 nitrogen and oxygen atoms in total. The van der Waals surface area contributed by atoms with Crippen molar-refractivity contribution in [3.05, 3.63) is 53.1 Å². The molecule has 0 radical (unpaired) electrons. The van der Waals surface area contributed by atoms with Gasteiger partial charge in [0.2, 0.25) is 11.8 Å². The number of carbonyl (C=O) groups excluding carboxylic acids is 1. The molecular weight excluding hydrogens is 406 g/mol. The molecule has 3 heterocycles. The van der Waals surface area contributed by atoms with Gasteiger partial charge < -0.3 is 24.4 Å². The summed E-state index contributed by atoms with van der Waals surface area (Å²) in [6.45, 7) is 4.79. The number of aromatic nitrogens is 2. The zero-order valence-electron chi connectivity index (χ0n) is 19.4. The lowest BCUT2D eigenvalue weighted by atomic mass is 10.0. The lowest BCUT2D eigenvalue weighted by Crippen LogP contribution is -2.50. The average Bonchev–Trinajstić information content (AvgIpc) is 2.80. The molecule has 0 bridgehead atoms. The van der Waals surface area contributed by atoms with Gasteiger partial charge in [0.15, 0.2) is 0 Å². The molecule has 0 aromatic carbocycles. The first-order chi connectivity index (χ1) is 15.4. The van der Waals surface area contributed by atoms with Gasteiger partial charge in [-0.05, 0) is 51.6 Å². The summed E-state index contributed by atoms with van der Waals surface area (Å²) in [7, 11) is 5.52. The average molecular weight is 440 g/mol. The van der Waals surface area contributed by atoms with E-state index < -0.39 is 0 Å². The summed E-state index contributed by atoms with van der Waals surface area (Å²) in [5.41, 5.74) is 2.28. The van der Waals surface area contributed by atoms with Crippen molar-refractivity contribution in [3.8, 4) is 17.0 Å². The van der Waals surface area contributed by atoms with Crippen molar-refractivity contribution < 1.29 is 9.53 Å². The number of H-pyrrole nitrogens is 1. The minimum absolute atomic E-state index is 0.0270. The van der Waals surface area contributed by atoms with Gasteiger partial charge in [-0.1, -0.05) is 6.08 Å². The van der Waals surface area contributed by atoms with Crippen molar-refractivity contribution in [2.75, 3.05) is 52.3 Å². The van der Waals surface area contributed by atoms with Crippen LogP contribution in [0, 0.1) is 0 Å². The first-order valence-electron chi connectivity index (χ1n) is 11.0. The first-order valence-corrected chi connectivity index (χ1v) is 11.0. The minimum Gasteiger partial charge on any atom is -0.481 e. The van der Waals surface area contributed by atoms with Gasteiger partial charge in [0, 0.05) is 62.3 Å². The first kappa shape index (κ1) is 23.5. The van der Waals surface area contributed by atoms with Crippen LogP contribution in [0.15, 0.2) is 47.5 Å². The Balaban J connectivity index is 1.82. The van der Waals surface area contributed by atoms with Crippen molar-refractivity contribution in [1.29, 1.82) is 0 Å². The largest absolute Gasteiger partial charge is 0.481 e. The van der Waals surface area contributed by atoms with Gasteiger partial charge in [-0.15, -0.1) is 0 Å². The lowest BCUT2D eigenvalue weighted by molar-refractivity contribution is -0.127. The molecule has 32 heavy (non-hydrogen) atoms. The van der Waals surface area contributed by atoms with Gasteiger partial charge >= 0.3 is 0 Å². The van der Waals surface area contributed by atoms with Gasteiger partial charge in [-0.2, -0.15) is 0 Å². The van der Waals surface area contributed by atoms with Crippen LogP contribution in [0.3, 0.4) is 0 Å². The van der Waals surface area contributed by atoms with E-state index in [4.69, 9.17) is 4.74 Å². The topological polar surface area (TPSA) is 81.8 Å². The maximum Gasteiger partial charge on any atom is 0.271 e. The quantitative estimate of drug-likeness (QED) is 0.636. The molecule has 172 valence electrons. The van der Waals surface area contributed by atoms with E-state index in [0.29, 0.717) is 24.7 Å². The van der Waals surface area contributed by atoms with Crippen molar-refractivity contribution in [1.82, 2.24) is 19.8 Å². The normalized spacial score (nSPS) is 16.5. The molecule has 1 amide bonds. The van der Waals surface area contributed by atoms with E-state index in [1.54, 1.807) is 25.6 Å². The molecule has 0 aliphatic carbocycles. The van der Waals surface area contributed by atoms with Crippen molar-refractivity contribution >= 4 is 11.6 Å². The van der Waals surface area contributed by atoms with E-state index in [-0.39, 0.29) is 17.5 Å². The molecule has 1 saturated heterocycles. The second kappa shape index (κ2) is 10.9. The molecular formula is C24H33N5O3. The fraction of sp³-hybridized carbons (Fsp3) is 0.458. The Morgan fingerprint density at radius 2 is 2.16 bits per heavy atom. The molecule has 0 saturated carbocycles. The molecule has 8 heteroatoms. The van der Waals surface area contributed by atoms with Gasteiger partial charge in [0.25, 0.3) is 5.56 Å². The van der Waals surface area contributed by atoms with Crippen LogP contribution in [0.25, 0.3) is 11.1 Å². The predicted octanol–water partition coefficient (Wildman–Crippen LogP) is 2.38. The summed E-state index contributed by atoms with van der Waals surface area (Å²) in [4.78, 5) is 38.5. The summed E-state index contributed by atoms with van der Waals surface area (Å²) >= 11 is 0. The number of likely N-dealkylation sites (N-methyl/N-ethyl adjacent to an activating group) is 2. The molecule has 1 atom stereocenters. The molecule has 2 aromatic heterocycles. The van der Waals surface area contributed by atoms with Gasteiger partial charge in [0.05, 0.1) is 7.11 Å². The number of nitrogens with one attached hydrogen (secondary N) is 1. The summed E-state index contributed by atoms with van der Waals surface area (Å²) in [6.07, 6.45) is 8.79. The number of likely N-dealkylation sites (tertiary alicyclic amines) is 1. The van der Waals surface area contributed by atoms with Gasteiger partial charge in [-0.25, -0.2) is 4.98 Å². The van der Waals surface area contributed by atoms with Crippen LogP contribution in [0.5, 0.6) is 5.88 Å². The number of aromatic amines is 1. The van der Waals surface area contributed by atoms with Gasteiger partial charge in [-0.3, -0.25) is 9.59 Å². The van der Waals surface area contributed by atoms with E-state index in [1.807, 2.05) is 55.1 Å². The van der Waals surface area contributed by atoms with Crippen LogP contribution in [0.4, 0.5) is 5.69 Å². The SMILES string of the molecule is CCN(c1cc(-c2ccnc(OC)c2)c[nH]c1=O)[C@H]1CCCN(C(=O)C=CCN(C)C)C1. The molecule has 1 N–H and O–H groups in total. The second-order valence-electron chi connectivity index (χ2n) is 8.22. The zero-order chi connectivity index (χ0) is 23.1. The molecule has 0 unspecified atom stereocenters. The van der Waals surface area contributed by atoms with Gasteiger partial charge in [0.1, 0.15) is 5.69 Å². The van der Waals surface area contributed by atoms with Crippen LogP contribution in [-0.4, -0.2) is 79.1 Å². The fourth-order valence-corrected chi connectivity index (χ4v) is 4.06. The molecule has 2 aromatic rings. The Hall–Kier alpha value is -3.13. The monoisotopic (exact) mass is 439 g/mol. The number of hydrogen-bond donors (Lipinski definition) is 1. The third-order valence-corrected chi connectivity index (χ3v) is 5.69. The number of pyridine rings is 2. The van der Waals surface area contributed by atoms with E-state index in [1.165, 1.54) is 0 Å². The smallest absolute Gasteiger partial charge is 0.271 e. The fourth-order valence-electron chi connectivity index (χ4n) is 4.06. The molecule has 1 aliphatic heterocycles. The number of ether oxygens (including phenoxy) is 1. The van der Waals surface area contributed by atoms with Crippen LogP contribution in [0.2, 0.25) is 0 Å². The minimum atomic E-state index is -0.133. The molecule has 3 rings (SSSR count). The number of methoxy groups -OCH3 is 1. The standard InChI is InChI=1S/C24H33N5O3/c1-5-29(20-8-6-13-28(17-20)23(30)9-7-12-27(2)3)21-14-19(16-26-24(21)31)18-10-11-25-22(15-18)32-4/h7,9-11,14-16,20H,5-6,8,12-13,17H2,1-4H3,(H,26,31)/t20-/m0/s1. The van der Waals surface area contributed by atoms with E-state index in [0.717, 1.165) is 37.1 Å². The number of hydrogen-bond acceptors (Lipinski definition) is 6. The van der Waals surface area contributed by atoms with Crippen LogP contribution in [-0.2, 0) is 4.79 Å². The van der Waals surface area contributed by atoms with Crippen LogP contribution >= 0.6 is 0 Å². The maximum atomic E-state index is 12.8. The summed E-state index contributed by atoms with van der Waals surface area (Å²) in [5, 5.41) is 0. The summed E-state index contributed by atoms with van der Waals surface area (Å²) < 4.78 is 5.23. The molecule has 1 aliphatic rings. The Kier molecular flexibility index (Phi) is 8.05. The highest BCUT2D eigenvalue weighted by Gasteiger charge is 2.28. The third-order valence-electron chi connectivity index (χ3n) is 5.69. The zero-order valence-corrected chi connectivity index (χ0v) is 19.4. The van der Waals surface area contributed by atoms with E-state index in [2.05, 4.69) is 14.9 Å². The highest BCUT2D eigenvalue weighted by atomic mass is 16.5. The summed E-state index contributed by atoms with van der Waals surface area (Å²) in [6, 6.07) is 5.73.